The summed E-state index contributed by atoms with van der Waals surface area (Å²) < 4.78 is 33.6. The Morgan fingerprint density at radius 2 is 1.19 bits per heavy atom. The van der Waals surface area contributed by atoms with Gasteiger partial charge < -0.3 is 33.0 Å². The lowest BCUT2D eigenvalue weighted by Gasteiger charge is -2.28. The Bertz CT molecular complexity index is 1340. The molecule has 0 aromatic rings. The fourth-order valence-electron chi connectivity index (χ4n) is 5.23. The number of nitrogens with zero attached hydrogens (tertiary/aromatic N) is 1. The van der Waals surface area contributed by atoms with Crippen LogP contribution >= 0.6 is 7.82 Å². The number of carbonyl (C=O) groups is 2. The molecule has 3 atom stereocenters. The van der Waals surface area contributed by atoms with Crippen molar-refractivity contribution >= 4 is 19.8 Å². The number of aliphatic hydroxyl groups excluding tert-OH is 1. The largest absolute Gasteiger partial charge is 0.756 e. The van der Waals surface area contributed by atoms with Crippen molar-refractivity contribution < 1.29 is 47.2 Å². The molecule has 0 spiro atoms. The number of phosphoric acid groups is 1. The highest BCUT2D eigenvalue weighted by Crippen LogP contribution is 2.38. The van der Waals surface area contributed by atoms with Crippen LogP contribution in [0.5, 0.6) is 0 Å². The maximum atomic E-state index is 12.7. The number of quaternary nitrogens is 1. The topological polar surface area (TPSA) is 131 Å². The SMILES string of the molecule is CC/C=C\C/C=C\C/C=C\C/C=C\C/C=C\CCCC(=O)O[C@H](COC(=O)CCCC(O)/C=C/C=C/C/C=C/CCCCCCCC)COP(=O)([O-])OCC[N+](C)(C)C. The monoisotopic (exact) mass is 846 g/mol. The standard InChI is InChI=1S/C48H80NO9P/c1-6-8-10-12-14-16-18-20-21-22-23-25-27-29-31-33-35-39-48(52)58-46(44-57-59(53,54)56-42-41-49(3,4)5)43-55-47(51)40-36-38-45(50)37-34-32-30-28-26-24-19-17-15-13-11-9-7-2/h8,10,14,16,20-21,23-26,29-32,34,37,45-46,50H,6-7,9,11-13,15,17-19,22,27-28,33,35-36,38-44H2,1-5H3/b10-8-,16-14-,21-20-,25-23-,26-24+,31-29-,32-30+,37-34+/t45?,46-/m1/s1. The summed E-state index contributed by atoms with van der Waals surface area (Å²) in [4.78, 5) is 37.5. The van der Waals surface area contributed by atoms with Crippen LogP contribution in [0.3, 0.4) is 0 Å². The number of hydrogen-bond donors (Lipinski definition) is 1. The summed E-state index contributed by atoms with van der Waals surface area (Å²) in [5.41, 5.74) is 0. The molecule has 2 unspecified atom stereocenters. The van der Waals surface area contributed by atoms with E-state index in [1.165, 1.54) is 38.5 Å². The Kier molecular flexibility index (Phi) is 37.0. The van der Waals surface area contributed by atoms with Gasteiger partial charge in [0.2, 0.25) is 0 Å². The maximum Gasteiger partial charge on any atom is 0.306 e. The van der Waals surface area contributed by atoms with Crippen LogP contribution in [0, 0.1) is 0 Å². The molecule has 0 saturated heterocycles. The van der Waals surface area contributed by atoms with Crippen molar-refractivity contribution in [3.63, 3.8) is 0 Å². The number of unbranched alkanes of at least 4 members (excludes halogenated alkanes) is 7. The van der Waals surface area contributed by atoms with Crippen LogP contribution in [0.1, 0.15) is 136 Å². The summed E-state index contributed by atoms with van der Waals surface area (Å²) in [6, 6.07) is 0. The summed E-state index contributed by atoms with van der Waals surface area (Å²) >= 11 is 0. The van der Waals surface area contributed by atoms with Gasteiger partial charge in [-0.15, -0.1) is 0 Å². The highest BCUT2D eigenvalue weighted by Gasteiger charge is 2.21. The quantitative estimate of drug-likeness (QED) is 0.0161. The van der Waals surface area contributed by atoms with Gasteiger partial charge in [-0.25, -0.2) is 0 Å². The van der Waals surface area contributed by atoms with E-state index in [4.69, 9.17) is 18.5 Å². The molecule has 0 radical (unpaired) electrons. The molecule has 0 amide bonds. The van der Waals surface area contributed by atoms with E-state index in [9.17, 15) is 24.2 Å². The predicted octanol–water partition coefficient (Wildman–Crippen LogP) is 10.9. The molecule has 10 nitrogen and oxygen atoms in total. The van der Waals surface area contributed by atoms with Crippen molar-refractivity contribution in [3.8, 4) is 0 Å². The van der Waals surface area contributed by atoms with E-state index in [-0.39, 0.29) is 26.1 Å². The van der Waals surface area contributed by atoms with Gasteiger partial charge in [0.1, 0.15) is 19.8 Å². The van der Waals surface area contributed by atoms with Gasteiger partial charge in [0, 0.05) is 12.8 Å². The first-order valence-electron chi connectivity index (χ1n) is 22.1. The van der Waals surface area contributed by atoms with Crippen LogP contribution in [-0.4, -0.2) is 81.2 Å². The summed E-state index contributed by atoms with van der Waals surface area (Å²) in [5.74, 6) is -1.11. The maximum absolute atomic E-state index is 12.7. The van der Waals surface area contributed by atoms with Crippen molar-refractivity contribution in [2.24, 2.45) is 0 Å². The van der Waals surface area contributed by atoms with Gasteiger partial charge in [0.25, 0.3) is 7.82 Å². The second-order valence-electron chi connectivity index (χ2n) is 15.5. The Morgan fingerprint density at radius 3 is 1.80 bits per heavy atom. The van der Waals surface area contributed by atoms with E-state index in [1.54, 1.807) is 12.2 Å². The van der Waals surface area contributed by atoms with Gasteiger partial charge in [0.05, 0.1) is 33.9 Å². The zero-order valence-corrected chi connectivity index (χ0v) is 38.2. The zero-order valence-electron chi connectivity index (χ0n) is 37.3. The molecule has 0 bridgehead atoms. The highest BCUT2D eigenvalue weighted by molar-refractivity contribution is 7.45. The Balaban J connectivity index is 4.66. The fourth-order valence-corrected chi connectivity index (χ4v) is 5.96. The average Bonchev–Trinajstić information content (AvgIpc) is 3.18. The second-order valence-corrected chi connectivity index (χ2v) is 16.9. The fraction of sp³-hybridized carbons (Fsp3) is 0.625. The number of hydrogen-bond acceptors (Lipinski definition) is 9. The number of esters is 2. The van der Waals surface area contributed by atoms with Gasteiger partial charge in [-0.2, -0.15) is 0 Å². The van der Waals surface area contributed by atoms with E-state index in [0.717, 1.165) is 44.9 Å². The van der Waals surface area contributed by atoms with E-state index in [0.29, 0.717) is 36.7 Å². The van der Waals surface area contributed by atoms with Crippen molar-refractivity contribution in [1.29, 1.82) is 0 Å². The molecule has 0 saturated carbocycles. The van der Waals surface area contributed by atoms with Gasteiger partial charge in [-0.05, 0) is 77.0 Å². The highest BCUT2D eigenvalue weighted by atomic mass is 31.2. The molecule has 0 heterocycles. The number of phosphoric ester groups is 1. The van der Waals surface area contributed by atoms with E-state index in [1.807, 2.05) is 45.4 Å². The first-order chi connectivity index (χ1) is 28.4. The molecule has 0 rings (SSSR count). The zero-order chi connectivity index (χ0) is 43.7. The van der Waals surface area contributed by atoms with Crippen LogP contribution in [-0.2, 0) is 32.7 Å². The van der Waals surface area contributed by atoms with Crippen LogP contribution in [0.2, 0.25) is 0 Å². The average molecular weight is 846 g/mol. The molecule has 0 aliphatic rings. The number of allylic oxidation sites excluding steroid dienone is 15. The number of ether oxygens (including phenoxy) is 2. The van der Waals surface area contributed by atoms with E-state index < -0.39 is 38.6 Å². The summed E-state index contributed by atoms with van der Waals surface area (Å²) in [6.07, 6.45) is 47.7. The van der Waals surface area contributed by atoms with Gasteiger partial charge >= 0.3 is 11.9 Å². The third kappa shape index (κ3) is 42.8. The lowest BCUT2D eigenvalue weighted by atomic mass is 10.1. The molecular weight excluding hydrogens is 766 g/mol. The van der Waals surface area contributed by atoms with Crippen molar-refractivity contribution in [2.75, 3.05) is 47.5 Å². The normalized spacial score (nSPS) is 15.0. The minimum Gasteiger partial charge on any atom is -0.756 e. The minimum absolute atomic E-state index is 0.0348. The molecule has 1 N–H and O–H groups in total. The number of aliphatic hydroxyl groups is 1. The molecular formula is C48H80NO9P. The second kappa shape index (κ2) is 39.1. The van der Waals surface area contributed by atoms with Crippen LogP contribution < -0.4 is 4.89 Å². The number of carbonyl (C=O) groups excluding carboxylic acids is 2. The van der Waals surface area contributed by atoms with Gasteiger partial charge in [-0.3, -0.25) is 14.2 Å². The van der Waals surface area contributed by atoms with Crippen LogP contribution in [0.4, 0.5) is 0 Å². The Labute approximate surface area is 358 Å². The lowest BCUT2D eigenvalue weighted by molar-refractivity contribution is -0.870. The van der Waals surface area contributed by atoms with Crippen molar-refractivity contribution in [3.05, 3.63) is 97.2 Å². The van der Waals surface area contributed by atoms with E-state index >= 15 is 0 Å². The summed E-state index contributed by atoms with van der Waals surface area (Å²) in [7, 11) is 1.01. The molecule has 336 valence electrons. The Hall–Kier alpha value is -3.11. The van der Waals surface area contributed by atoms with Gasteiger partial charge in [-0.1, -0.05) is 143 Å². The first-order valence-corrected chi connectivity index (χ1v) is 23.5. The third-order valence-corrected chi connectivity index (χ3v) is 9.66. The van der Waals surface area contributed by atoms with Crippen molar-refractivity contribution in [1.82, 2.24) is 0 Å². The minimum atomic E-state index is -4.69. The lowest BCUT2D eigenvalue weighted by Crippen LogP contribution is -2.37. The number of rotatable bonds is 38. The first kappa shape index (κ1) is 55.9. The van der Waals surface area contributed by atoms with Crippen molar-refractivity contribution in [2.45, 2.75) is 148 Å². The summed E-state index contributed by atoms with van der Waals surface area (Å²) in [5, 5.41) is 10.3. The third-order valence-electron chi connectivity index (χ3n) is 8.69. The number of likely N-dealkylation sites (N-methyl/N-ethyl adjacent to an activating group) is 1. The molecule has 0 aromatic heterocycles. The molecule has 59 heavy (non-hydrogen) atoms. The molecule has 11 heteroatoms. The van der Waals surface area contributed by atoms with Crippen LogP contribution in [0.25, 0.3) is 0 Å². The van der Waals surface area contributed by atoms with E-state index in [2.05, 4.69) is 74.6 Å². The molecule has 0 aliphatic heterocycles. The summed E-state index contributed by atoms with van der Waals surface area (Å²) in [6.45, 7) is 3.79. The molecule has 0 fully saturated rings. The molecule has 0 aromatic carbocycles. The van der Waals surface area contributed by atoms with Gasteiger partial charge in [0.15, 0.2) is 6.10 Å². The molecule has 0 aliphatic carbocycles. The predicted molar refractivity (Wildman–Crippen MR) is 241 cm³/mol. The smallest absolute Gasteiger partial charge is 0.306 e. The van der Waals surface area contributed by atoms with Crippen LogP contribution in [0.15, 0.2) is 97.2 Å². The Morgan fingerprint density at radius 1 is 0.644 bits per heavy atom.